The van der Waals surface area contributed by atoms with Gasteiger partial charge < -0.3 is 21.1 Å². The molecule has 4 N–H and O–H groups in total. The molecule has 4 rings (SSSR count). The van der Waals surface area contributed by atoms with Crippen LogP contribution in [-0.2, 0) is 4.79 Å². The largest absolute Gasteiger partial charge is 0.465 e. The zero-order valence-corrected chi connectivity index (χ0v) is 18.3. The van der Waals surface area contributed by atoms with Crippen molar-refractivity contribution >= 4 is 52.3 Å². The van der Waals surface area contributed by atoms with Gasteiger partial charge in [-0.2, -0.15) is 0 Å². The lowest BCUT2D eigenvalue weighted by atomic mass is 9.90. The van der Waals surface area contributed by atoms with Gasteiger partial charge in [0.15, 0.2) is 0 Å². The summed E-state index contributed by atoms with van der Waals surface area (Å²) in [5.74, 6) is 0.390. The van der Waals surface area contributed by atoms with Crippen molar-refractivity contribution in [3.8, 4) is 0 Å². The molecule has 1 aromatic carbocycles. The van der Waals surface area contributed by atoms with E-state index in [9.17, 15) is 9.59 Å². The number of benzene rings is 1. The fourth-order valence-electron chi connectivity index (χ4n) is 3.89. The number of hydrogen-bond donors (Lipinski definition) is 4. The summed E-state index contributed by atoms with van der Waals surface area (Å²) in [6.45, 7) is 0. The van der Waals surface area contributed by atoms with Crippen molar-refractivity contribution in [1.29, 1.82) is 0 Å². The summed E-state index contributed by atoms with van der Waals surface area (Å²) in [6, 6.07) is 7.00. The number of rotatable bonds is 4. The molecule has 0 radical (unpaired) electrons. The van der Waals surface area contributed by atoms with Crippen molar-refractivity contribution in [2.24, 2.45) is 9.98 Å². The highest BCUT2D eigenvalue weighted by Crippen LogP contribution is 2.25. The van der Waals surface area contributed by atoms with E-state index in [2.05, 4.69) is 43.5 Å². The van der Waals surface area contributed by atoms with E-state index in [-0.39, 0.29) is 24.0 Å². The van der Waals surface area contributed by atoms with E-state index in [0.717, 1.165) is 34.9 Å². The molecule has 0 spiro atoms. The molecule has 1 aromatic rings. The third-order valence-electron chi connectivity index (χ3n) is 5.36. The second kappa shape index (κ2) is 8.99. The number of fused-ring (bicyclic) bond motifs is 1. The van der Waals surface area contributed by atoms with E-state index in [1.165, 1.54) is 0 Å². The molecule has 1 fully saturated rings. The van der Waals surface area contributed by atoms with Crippen molar-refractivity contribution in [3.63, 3.8) is 0 Å². The minimum absolute atomic E-state index is 0.135. The van der Waals surface area contributed by atoms with E-state index in [1.54, 1.807) is 6.21 Å². The van der Waals surface area contributed by atoms with Gasteiger partial charge in [-0.15, -0.1) is 0 Å². The summed E-state index contributed by atoms with van der Waals surface area (Å²) in [5.41, 5.74) is 1.91. The van der Waals surface area contributed by atoms with Gasteiger partial charge in [-0.3, -0.25) is 14.8 Å². The van der Waals surface area contributed by atoms with Crippen LogP contribution in [0.3, 0.4) is 0 Å². The Morgan fingerprint density at radius 1 is 1.23 bits per heavy atom. The van der Waals surface area contributed by atoms with Crippen LogP contribution in [0.1, 0.15) is 25.7 Å². The lowest BCUT2D eigenvalue weighted by molar-refractivity contribution is -0.112. The summed E-state index contributed by atoms with van der Waals surface area (Å²) >= 11 is 2.18. The van der Waals surface area contributed by atoms with Gasteiger partial charge in [-0.1, -0.05) is 31.1 Å². The van der Waals surface area contributed by atoms with Gasteiger partial charge in [0.25, 0.3) is 5.91 Å². The second-order valence-electron chi connectivity index (χ2n) is 7.39. The van der Waals surface area contributed by atoms with Crippen molar-refractivity contribution in [3.05, 3.63) is 51.3 Å². The maximum atomic E-state index is 12.8. The zero-order valence-electron chi connectivity index (χ0n) is 16.1. The molecular weight excluding hydrogens is 497 g/mol. The first-order valence-electron chi connectivity index (χ1n) is 9.87. The molecule has 1 aliphatic carbocycles. The maximum absolute atomic E-state index is 12.8. The van der Waals surface area contributed by atoms with Crippen LogP contribution in [0.5, 0.6) is 0 Å². The molecule has 2 aliphatic heterocycles. The van der Waals surface area contributed by atoms with Crippen molar-refractivity contribution in [2.75, 3.05) is 5.32 Å². The summed E-state index contributed by atoms with van der Waals surface area (Å²) in [6.07, 6.45) is 7.90. The molecule has 2 heterocycles. The predicted molar refractivity (Wildman–Crippen MR) is 124 cm³/mol. The number of carboxylic acid groups (broad SMARTS) is 1. The minimum Gasteiger partial charge on any atom is -0.465 e. The van der Waals surface area contributed by atoms with Crippen molar-refractivity contribution in [2.45, 2.75) is 43.8 Å². The summed E-state index contributed by atoms with van der Waals surface area (Å²) in [7, 11) is 0. The highest BCUT2D eigenvalue weighted by Gasteiger charge is 2.30. The number of halogens is 1. The lowest BCUT2D eigenvalue weighted by Gasteiger charge is -2.29. The maximum Gasteiger partial charge on any atom is 0.404 e. The van der Waals surface area contributed by atoms with Crippen LogP contribution in [0.25, 0.3) is 0 Å². The van der Waals surface area contributed by atoms with Gasteiger partial charge in [0.05, 0.1) is 29.0 Å². The SMILES string of the molecule is O=C(O)N[C@H]1CCCC[C@H]1N=C1C=CC2N=CC(C(=O)Nc3ccccc3I)=C2N1. The first kappa shape index (κ1) is 20.6. The Hall–Kier alpha value is -2.69. The number of aliphatic imine (C=N–C) groups is 2. The van der Waals surface area contributed by atoms with Crippen LogP contribution >= 0.6 is 22.6 Å². The Kier molecular flexibility index (Phi) is 6.16. The van der Waals surface area contributed by atoms with E-state index in [1.807, 2.05) is 36.4 Å². The number of amides is 2. The smallest absolute Gasteiger partial charge is 0.404 e. The molecule has 8 nitrogen and oxygen atoms in total. The van der Waals surface area contributed by atoms with Crippen molar-refractivity contribution in [1.82, 2.24) is 10.6 Å². The molecule has 0 saturated heterocycles. The molecule has 156 valence electrons. The number of anilines is 1. The number of hydrogen-bond acceptors (Lipinski definition) is 4. The van der Waals surface area contributed by atoms with Crippen LogP contribution < -0.4 is 16.0 Å². The number of para-hydroxylation sites is 1. The van der Waals surface area contributed by atoms with Crippen LogP contribution in [0.4, 0.5) is 10.5 Å². The van der Waals surface area contributed by atoms with Crippen LogP contribution in [0.15, 0.2) is 57.7 Å². The molecule has 30 heavy (non-hydrogen) atoms. The summed E-state index contributed by atoms with van der Waals surface area (Å²) < 4.78 is 0.952. The molecule has 1 saturated carbocycles. The molecule has 3 atom stereocenters. The Labute approximate surface area is 187 Å². The summed E-state index contributed by atoms with van der Waals surface area (Å²) in [5, 5.41) is 17.9. The topological polar surface area (TPSA) is 115 Å². The van der Waals surface area contributed by atoms with Gasteiger partial charge in [0.1, 0.15) is 11.9 Å². The first-order valence-corrected chi connectivity index (χ1v) is 10.9. The molecular formula is C21H22IN5O3. The third-order valence-corrected chi connectivity index (χ3v) is 6.30. The van der Waals surface area contributed by atoms with E-state index in [0.29, 0.717) is 17.1 Å². The van der Waals surface area contributed by atoms with Crippen LogP contribution in [0, 0.1) is 3.57 Å². The minimum atomic E-state index is -1.03. The Balaban J connectivity index is 1.53. The van der Waals surface area contributed by atoms with E-state index in [4.69, 9.17) is 10.1 Å². The van der Waals surface area contributed by atoms with Gasteiger partial charge in [-0.05, 0) is 53.6 Å². The van der Waals surface area contributed by atoms with E-state index >= 15 is 0 Å². The Morgan fingerprint density at radius 3 is 2.83 bits per heavy atom. The number of nitrogens with zero attached hydrogens (tertiary/aromatic N) is 2. The molecule has 3 aliphatic rings. The third kappa shape index (κ3) is 4.55. The standard InChI is InChI=1S/C21H22IN5O3/c22-13-5-1-2-6-14(13)25-20(28)12-11-23-17-9-10-18(27-19(12)17)24-15-7-3-4-8-16(15)26-21(29)30/h1-2,5-6,9-11,15-17,26H,3-4,7-8H2,(H,24,27)(H,25,28)(H,29,30)/t15-,16+,17?/m1/s1. The Bertz CT molecular complexity index is 985. The Morgan fingerprint density at radius 2 is 2.03 bits per heavy atom. The molecule has 0 bridgehead atoms. The first-order chi connectivity index (χ1) is 14.5. The molecule has 2 amide bonds. The summed E-state index contributed by atoms with van der Waals surface area (Å²) in [4.78, 5) is 33.1. The number of carbonyl (C=O) groups excluding carboxylic acids is 1. The van der Waals surface area contributed by atoms with Gasteiger partial charge in [0.2, 0.25) is 0 Å². The molecule has 0 aromatic heterocycles. The quantitative estimate of drug-likeness (QED) is 0.458. The normalized spacial score (nSPS) is 26.3. The molecule has 1 unspecified atom stereocenters. The fraction of sp³-hybridized carbons (Fsp3) is 0.333. The van der Waals surface area contributed by atoms with Crippen LogP contribution in [-0.4, -0.2) is 47.3 Å². The number of carbonyl (C=O) groups is 2. The average Bonchev–Trinajstić information content (AvgIpc) is 3.14. The van der Waals surface area contributed by atoms with Gasteiger partial charge >= 0.3 is 6.09 Å². The van der Waals surface area contributed by atoms with Crippen molar-refractivity contribution < 1.29 is 14.7 Å². The monoisotopic (exact) mass is 519 g/mol. The predicted octanol–water partition coefficient (Wildman–Crippen LogP) is 3.07. The number of amidine groups is 1. The van der Waals surface area contributed by atoms with Crippen LogP contribution in [0.2, 0.25) is 0 Å². The van der Waals surface area contributed by atoms with Gasteiger partial charge in [-0.25, -0.2) is 4.79 Å². The highest BCUT2D eigenvalue weighted by molar-refractivity contribution is 14.1. The van der Waals surface area contributed by atoms with E-state index < -0.39 is 6.09 Å². The highest BCUT2D eigenvalue weighted by atomic mass is 127. The van der Waals surface area contributed by atoms with Gasteiger partial charge in [0, 0.05) is 9.78 Å². The molecule has 9 heteroatoms. The average molecular weight is 519 g/mol. The lowest BCUT2D eigenvalue weighted by Crippen LogP contribution is -2.45. The second-order valence-corrected chi connectivity index (χ2v) is 8.55. The zero-order chi connectivity index (χ0) is 21.1. The fourth-order valence-corrected chi connectivity index (χ4v) is 4.41. The number of nitrogens with one attached hydrogen (secondary N) is 3.